The van der Waals surface area contributed by atoms with Crippen molar-refractivity contribution in [3.8, 4) is 0 Å². The minimum absolute atomic E-state index is 0.146. The lowest BCUT2D eigenvalue weighted by atomic mass is 10.1. The SMILES string of the molecule is CCCCC(NC)C(=O)OP. The molecule has 0 aliphatic rings. The van der Waals surface area contributed by atoms with Gasteiger partial charge in [-0.1, -0.05) is 19.8 Å². The first-order chi connectivity index (χ1) is 5.26. The number of carbonyl (C=O) groups is 1. The second-order valence-electron chi connectivity index (χ2n) is 2.42. The maximum Gasteiger partial charge on any atom is 0.325 e. The van der Waals surface area contributed by atoms with Gasteiger partial charge in [0, 0.05) is 0 Å². The molecule has 0 aliphatic carbocycles. The van der Waals surface area contributed by atoms with Gasteiger partial charge in [-0.2, -0.15) is 0 Å². The number of hydrogen-bond acceptors (Lipinski definition) is 3. The molecule has 0 saturated heterocycles. The van der Waals surface area contributed by atoms with Gasteiger partial charge in [-0.15, -0.1) is 0 Å². The molecule has 4 heteroatoms. The van der Waals surface area contributed by atoms with Crippen molar-refractivity contribution in [3.05, 3.63) is 0 Å². The van der Waals surface area contributed by atoms with Gasteiger partial charge in [0.25, 0.3) is 0 Å². The third kappa shape index (κ3) is 4.33. The van der Waals surface area contributed by atoms with Crippen molar-refractivity contribution < 1.29 is 9.32 Å². The number of unbranched alkanes of at least 4 members (excludes halogenated alkanes) is 1. The van der Waals surface area contributed by atoms with Crippen LogP contribution in [-0.2, 0) is 9.32 Å². The van der Waals surface area contributed by atoms with Gasteiger partial charge in [0.1, 0.15) is 6.04 Å². The molecule has 0 fully saturated rings. The second kappa shape index (κ2) is 6.56. The molecule has 0 rings (SSSR count). The number of carbonyl (C=O) groups excluding carboxylic acids is 1. The highest BCUT2D eigenvalue weighted by Gasteiger charge is 2.14. The van der Waals surface area contributed by atoms with Crippen LogP contribution in [0, 0.1) is 0 Å². The van der Waals surface area contributed by atoms with Crippen molar-refractivity contribution >= 4 is 15.4 Å². The molecule has 1 N–H and O–H groups in total. The summed E-state index contributed by atoms with van der Waals surface area (Å²) < 4.78 is 4.52. The van der Waals surface area contributed by atoms with E-state index in [0.29, 0.717) is 0 Å². The summed E-state index contributed by atoms with van der Waals surface area (Å²) >= 11 is 0. The molecule has 0 radical (unpaired) electrons. The Balaban J connectivity index is 3.65. The van der Waals surface area contributed by atoms with E-state index in [1.165, 1.54) is 0 Å². The summed E-state index contributed by atoms with van der Waals surface area (Å²) in [5.74, 6) is -0.203. The molecule has 0 saturated carbocycles. The number of nitrogens with one attached hydrogen (secondary N) is 1. The molecule has 2 unspecified atom stereocenters. The number of hydrogen-bond donors (Lipinski definition) is 1. The molecular weight excluding hydrogens is 161 g/mol. The van der Waals surface area contributed by atoms with Gasteiger partial charge in [-0.3, -0.25) is 4.79 Å². The van der Waals surface area contributed by atoms with Crippen LogP contribution in [0.2, 0.25) is 0 Å². The Morgan fingerprint density at radius 1 is 1.73 bits per heavy atom. The topological polar surface area (TPSA) is 38.3 Å². The zero-order valence-corrected chi connectivity index (χ0v) is 8.25. The first-order valence-electron chi connectivity index (χ1n) is 3.84. The van der Waals surface area contributed by atoms with E-state index in [-0.39, 0.29) is 12.0 Å². The highest BCUT2D eigenvalue weighted by atomic mass is 31.0. The molecule has 0 bridgehead atoms. The lowest BCUT2D eigenvalue weighted by molar-refractivity contribution is -0.135. The average Bonchev–Trinajstić information content (AvgIpc) is 2.05. The van der Waals surface area contributed by atoms with Crippen LogP contribution in [0.4, 0.5) is 0 Å². The Kier molecular flexibility index (Phi) is 6.48. The first kappa shape index (κ1) is 10.9. The van der Waals surface area contributed by atoms with Crippen molar-refractivity contribution in [2.75, 3.05) is 7.05 Å². The maximum atomic E-state index is 10.9. The van der Waals surface area contributed by atoms with Gasteiger partial charge < -0.3 is 9.84 Å². The monoisotopic (exact) mass is 177 g/mol. The largest absolute Gasteiger partial charge is 0.450 e. The zero-order chi connectivity index (χ0) is 8.69. The van der Waals surface area contributed by atoms with Crippen LogP contribution in [0.25, 0.3) is 0 Å². The molecule has 0 aromatic rings. The fourth-order valence-corrected chi connectivity index (χ4v) is 1.03. The summed E-state index contributed by atoms with van der Waals surface area (Å²) in [6.07, 6.45) is 2.99. The van der Waals surface area contributed by atoms with Gasteiger partial charge in [0.15, 0.2) is 0 Å². The summed E-state index contributed by atoms with van der Waals surface area (Å²) in [4.78, 5) is 10.9. The summed E-state index contributed by atoms with van der Waals surface area (Å²) in [6, 6.07) is -0.146. The predicted octanol–water partition coefficient (Wildman–Crippen LogP) is 1.10. The van der Waals surface area contributed by atoms with Gasteiger partial charge in [0.05, 0.1) is 9.47 Å². The lowest BCUT2D eigenvalue weighted by Crippen LogP contribution is -2.33. The van der Waals surface area contributed by atoms with E-state index >= 15 is 0 Å². The Labute approximate surface area is 70.2 Å². The Morgan fingerprint density at radius 2 is 2.36 bits per heavy atom. The van der Waals surface area contributed by atoms with Crippen molar-refractivity contribution in [3.63, 3.8) is 0 Å². The van der Waals surface area contributed by atoms with Gasteiger partial charge in [-0.05, 0) is 13.5 Å². The quantitative estimate of drug-likeness (QED) is 0.639. The van der Waals surface area contributed by atoms with Gasteiger partial charge in [0.2, 0.25) is 0 Å². The Hall–Kier alpha value is -0.140. The van der Waals surface area contributed by atoms with Crippen LogP contribution < -0.4 is 5.32 Å². The fraction of sp³-hybridized carbons (Fsp3) is 0.857. The number of likely N-dealkylation sites (N-methyl/N-ethyl adjacent to an activating group) is 1. The predicted molar refractivity (Wildman–Crippen MR) is 48.2 cm³/mol. The van der Waals surface area contributed by atoms with Crippen molar-refractivity contribution in [1.29, 1.82) is 0 Å². The highest BCUT2D eigenvalue weighted by Crippen LogP contribution is 2.03. The second-order valence-corrected chi connectivity index (χ2v) is 2.66. The third-order valence-corrected chi connectivity index (χ3v) is 1.83. The summed E-state index contributed by atoms with van der Waals surface area (Å²) in [5, 5.41) is 2.90. The van der Waals surface area contributed by atoms with E-state index in [1.807, 2.05) is 9.47 Å². The molecule has 11 heavy (non-hydrogen) atoms. The van der Waals surface area contributed by atoms with Crippen LogP contribution in [0.3, 0.4) is 0 Å². The van der Waals surface area contributed by atoms with E-state index in [2.05, 4.69) is 16.8 Å². The summed E-state index contributed by atoms with van der Waals surface area (Å²) in [7, 11) is 3.73. The highest BCUT2D eigenvalue weighted by molar-refractivity contribution is 7.10. The normalized spacial score (nSPS) is 12.6. The minimum Gasteiger partial charge on any atom is -0.450 e. The van der Waals surface area contributed by atoms with Crippen molar-refractivity contribution in [2.24, 2.45) is 0 Å². The van der Waals surface area contributed by atoms with E-state index in [4.69, 9.17) is 0 Å². The first-order valence-corrected chi connectivity index (χ1v) is 4.31. The van der Waals surface area contributed by atoms with Crippen molar-refractivity contribution in [1.82, 2.24) is 5.32 Å². The van der Waals surface area contributed by atoms with Gasteiger partial charge in [-0.25, -0.2) is 0 Å². The van der Waals surface area contributed by atoms with E-state index in [9.17, 15) is 4.79 Å². The summed E-state index contributed by atoms with van der Waals surface area (Å²) in [6.45, 7) is 2.10. The molecule has 0 aromatic heterocycles. The van der Waals surface area contributed by atoms with E-state index < -0.39 is 0 Å². The molecule has 0 aliphatic heterocycles. The molecular formula is C7H16NO2P. The van der Waals surface area contributed by atoms with Gasteiger partial charge >= 0.3 is 5.97 Å². The van der Waals surface area contributed by atoms with Crippen LogP contribution in [-0.4, -0.2) is 19.1 Å². The lowest BCUT2D eigenvalue weighted by Gasteiger charge is -2.11. The Bertz CT molecular complexity index is 119. The standard InChI is InChI=1S/C7H16NO2P/c1-3-4-5-6(8-2)7(9)10-11/h6,8H,3-5,11H2,1-2H3. The molecule has 0 aromatic carbocycles. The fourth-order valence-electron chi connectivity index (χ4n) is 0.870. The molecule has 2 atom stereocenters. The Morgan fingerprint density at radius 3 is 2.73 bits per heavy atom. The summed E-state index contributed by atoms with van der Waals surface area (Å²) in [5.41, 5.74) is 0. The smallest absolute Gasteiger partial charge is 0.325 e. The maximum absolute atomic E-state index is 10.9. The average molecular weight is 177 g/mol. The molecule has 0 spiro atoms. The number of rotatable bonds is 5. The van der Waals surface area contributed by atoms with E-state index in [1.54, 1.807) is 7.05 Å². The molecule has 0 heterocycles. The van der Waals surface area contributed by atoms with Crippen LogP contribution >= 0.6 is 9.47 Å². The zero-order valence-electron chi connectivity index (χ0n) is 7.09. The van der Waals surface area contributed by atoms with Crippen molar-refractivity contribution in [2.45, 2.75) is 32.2 Å². The third-order valence-electron chi connectivity index (χ3n) is 1.60. The molecule has 0 amide bonds. The van der Waals surface area contributed by atoms with E-state index in [0.717, 1.165) is 19.3 Å². The minimum atomic E-state index is -0.203. The molecule has 66 valence electrons. The molecule has 3 nitrogen and oxygen atoms in total. The van der Waals surface area contributed by atoms with Crippen LogP contribution in [0.5, 0.6) is 0 Å². The van der Waals surface area contributed by atoms with Crippen LogP contribution in [0.15, 0.2) is 0 Å². The van der Waals surface area contributed by atoms with Crippen LogP contribution in [0.1, 0.15) is 26.2 Å².